The molecule has 0 saturated heterocycles. The van der Waals surface area contributed by atoms with E-state index >= 15 is 0 Å². The molecule has 28 heavy (non-hydrogen) atoms. The molecule has 0 heterocycles. The number of hydrogen-bond donors (Lipinski definition) is 1. The molecule has 0 bridgehead atoms. The quantitative estimate of drug-likeness (QED) is 0.395. The maximum Gasteiger partial charge on any atom is 0.155 e. The summed E-state index contributed by atoms with van der Waals surface area (Å²) < 4.78 is -0.0491. The fourth-order valence-electron chi connectivity index (χ4n) is 7.33. The maximum absolute atomic E-state index is 12.0. The van der Waals surface area contributed by atoms with Crippen LogP contribution in [0.5, 0.6) is 0 Å². The van der Waals surface area contributed by atoms with Gasteiger partial charge in [-0.25, -0.2) is 0 Å². The molecule has 0 radical (unpaired) electrons. The highest BCUT2D eigenvalue weighted by Gasteiger charge is 2.57. The smallest absolute Gasteiger partial charge is 0.155 e. The van der Waals surface area contributed by atoms with E-state index in [-0.39, 0.29) is 4.75 Å². The van der Waals surface area contributed by atoms with Crippen LogP contribution in [0.15, 0.2) is 34.9 Å². The van der Waals surface area contributed by atoms with Gasteiger partial charge >= 0.3 is 0 Å². The molecule has 4 aliphatic rings. The summed E-state index contributed by atoms with van der Waals surface area (Å²) in [5.41, 5.74) is 4.93. The maximum atomic E-state index is 12.0. The first-order chi connectivity index (χ1) is 13.3. The number of fused-ring (bicyclic) bond motifs is 5. The van der Waals surface area contributed by atoms with E-state index in [0.29, 0.717) is 23.5 Å². The molecule has 0 aromatic rings. The van der Waals surface area contributed by atoms with Crippen molar-refractivity contribution >= 4 is 18.4 Å². The lowest BCUT2D eigenvalue weighted by molar-refractivity contribution is -0.115. The molecule has 1 nitrogen and oxygen atoms in total. The number of rotatable bonds is 4. The minimum Gasteiger partial charge on any atom is -0.295 e. The summed E-state index contributed by atoms with van der Waals surface area (Å²) in [4.78, 5) is 12.0. The average molecular weight is 399 g/mol. The van der Waals surface area contributed by atoms with Crippen molar-refractivity contribution in [3.05, 3.63) is 34.9 Å². The van der Waals surface area contributed by atoms with Crippen LogP contribution in [0.4, 0.5) is 0 Å². The molecule has 2 saturated carbocycles. The van der Waals surface area contributed by atoms with Gasteiger partial charge in [0.25, 0.3) is 0 Å². The first-order valence-corrected chi connectivity index (χ1v) is 12.0. The van der Waals surface area contributed by atoms with Gasteiger partial charge < -0.3 is 0 Å². The summed E-state index contributed by atoms with van der Waals surface area (Å²) in [6.07, 6.45) is 17.3. The fourth-order valence-corrected chi connectivity index (χ4v) is 7.88. The van der Waals surface area contributed by atoms with Crippen molar-refractivity contribution in [1.82, 2.24) is 0 Å². The molecule has 4 rings (SSSR count). The number of ketones is 1. The lowest BCUT2D eigenvalue weighted by atomic mass is 9.53. The van der Waals surface area contributed by atoms with Gasteiger partial charge in [0, 0.05) is 11.2 Å². The van der Waals surface area contributed by atoms with E-state index in [0.717, 1.165) is 30.6 Å². The first-order valence-electron chi connectivity index (χ1n) is 11.6. The number of carbonyl (C=O) groups is 1. The molecular formula is C26H38OS. The van der Waals surface area contributed by atoms with E-state index in [1.54, 1.807) is 5.57 Å². The van der Waals surface area contributed by atoms with Crippen molar-refractivity contribution in [3.8, 4) is 0 Å². The van der Waals surface area contributed by atoms with E-state index in [4.69, 9.17) is 12.6 Å². The Bertz CT molecular complexity index is 740. The van der Waals surface area contributed by atoms with Crippen LogP contribution in [-0.2, 0) is 4.79 Å². The van der Waals surface area contributed by atoms with Crippen molar-refractivity contribution < 1.29 is 4.79 Å². The van der Waals surface area contributed by atoms with Crippen LogP contribution in [0.3, 0.4) is 0 Å². The third-order valence-electron chi connectivity index (χ3n) is 8.83. The number of allylic oxidation sites excluding steroid dienone is 5. The molecular weight excluding hydrogens is 360 g/mol. The fraction of sp³-hybridized carbons (Fsp3) is 0.731. The Kier molecular flexibility index (Phi) is 5.49. The second-order valence-corrected chi connectivity index (χ2v) is 11.4. The van der Waals surface area contributed by atoms with E-state index in [1.807, 2.05) is 6.08 Å². The Morgan fingerprint density at radius 1 is 1.25 bits per heavy atom. The minimum absolute atomic E-state index is 0.0491. The van der Waals surface area contributed by atoms with Crippen LogP contribution in [-0.4, -0.2) is 10.5 Å². The Balaban J connectivity index is 1.56. The Morgan fingerprint density at radius 2 is 2.04 bits per heavy atom. The molecule has 0 amide bonds. The third kappa shape index (κ3) is 3.28. The standard InChI is InChI=1S/C26H38OS/c1-17(2)6-5-7-18(3)22-10-11-23-21-9-8-19-16-20(27)12-15-26(19,28)24(21)13-14-25(22,23)4/h6,9,16,18,22-24,28H,5,7-8,10-15H2,1-4H3. The monoisotopic (exact) mass is 398 g/mol. The van der Waals surface area contributed by atoms with Gasteiger partial charge in [-0.3, -0.25) is 4.79 Å². The number of carbonyl (C=O) groups excluding carboxylic acids is 1. The normalized spacial score (nSPS) is 40.6. The summed E-state index contributed by atoms with van der Waals surface area (Å²) in [5.74, 6) is 3.26. The zero-order valence-corrected chi connectivity index (χ0v) is 19.2. The van der Waals surface area contributed by atoms with Crippen molar-refractivity contribution in [2.24, 2.45) is 29.1 Å². The summed E-state index contributed by atoms with van der Waals surface area (Å²) in [6.45, 7) is 9.53. The molecule has 0 N–H and O–H groups in total. The van der Waals surface area contributed by atoms with Crippen LogP contribution >= 0.6 is 12.6 Å². The lowest BCUT2D eigenvalue weighted by Crippen LogP contribution is -2.48. The molecule has 0 spiro atoms. The molecule has 0 aromatic heterocycles. The summed E-state index contributed by atoms with van der Waals surface area (Å²) in [5, 5.41) is 0. The molecule has 6 unspecified atom stereocenters. The SMILES string of the molecule is CC(C)=CCCC(C)C1CCC2C3=CCC4=CC(=O)CCC4(S)C3CCC21C. The molecule has 2 fully saturated rings. The van der Waals surface area contributed by atoms with Crippen LogP contribution < -0.4 is 0 Å². The van der Waals surface area contributed by atoms with E-state index < -0.39 is 0 Å². The number of thiol groups is 1. The largest absolute Gasteiger partial charge is 0.295 e. The predicted octanol–water partition coefficient (Wildman–Crippen LogP) is 7.10. The number of hydrogen-bond acceptors (Lipinski definition) is 2. The molecule has 0 aliphatic heterocycles. The van der Waals surface area contributed by atoms with Crippen molar-refractivity contribution in [2.45, 2.75) is 90.2 Å². The molecule has 154 valence electrons. The van der Waals surface area contributed by atoms with E-state index in [9.17, 15) is 4.79 Å². The Labute approximate surface area is 177 Å². The van der Waals surface area contributed by atoms with Crippen molar-refractivity contribution in [2.75, 3.05) is 0 Å². The van der Waals surface area contributed by atoms with Crippen molar-refractivity contribution in [3.63, 3.8) is 0 Å². The van der Waals surface area contributed by atoms with Gasteiger partial charge in [-0.05, 0) is 106 Å². The van der Waals surface area contributed by atoms with Gasteiger partial charge in [-0.2, -0.15) is 12.6 Å². The molecule has 6 atom stereocenters. The van der Waals surface area contributed by atoms with E-state index in [1.165, 1.54) is 49.7 Å². The zero-order valence-electron chi connectivity index (χ0n) is 18.3. The highest BCUT2D eigenvalue weighted by molar-refractivity contribution is 7.82. The summed E-state index contributed by atoms with van der Waals surface area (Å²) in [7, 11) is 0. The average Bonchev–Trinajstić information content (AvgIpc) is 2.99. The Morgan fingerprint density at radius 3 is 2.79 bits per heavy atom. The molecule has 0 aromatic carbocycles. The van der Waals surface area contributed by atoms with Crippen LogP contribution in [0.2, 0.25) is 0 Å². The van der Waals surface area contributed by atoms with Crippen molar-refractivity contribution in [1.29, 1.82) is 0 Å². The second-order valence-electron chi connectivity index (χ2n) is 10.6. The van der Waals surface area contributed by atoms with Crippen LogP contribution in [0.1, 0.15) is 85.5 Å². The van der Waals surface area contributed by atoms with Gasteiger partial charge in [-0.15, -0.1) is 0 Å². The third-order valence-corrected chi connectivity index (χ3v) is 9.65. The summed E-state index contributed by atoms with van der Waals surface area (Å²) in [6, 6.07) is 0. The highest BCUT2D eigenvalue weighted by atomic mass is 32.1. The van der Waals surface area contributed by atoms with E-state index in [2.05, 4.69) is 39.8 Å². The first kappa shape index (κ1) is 20.5. The van der Waals surface area contributed by atoms with Gasteiger partial charge in [-0.1, -0.05) is 37.1 Å². The van der Waals surface area contributed by atoms with Gasteiger partial charge in [0.1, 0.15) is 0 Å². The minimum atomic E-state index is -0.0491. The van der Waals surface area contributed by atoms with Gasteiger partial charge in [0.15, 0.2) is 5.78 Å². The topological polar surface area (TPSA) is 17.1 Å². The molecule has 2 heteroatoms. The van der Waals surface area contributed by atoms with Crippen LogP contribution in [0, 0.1) is 29.1 Å². The van der Waals surface area contributed by atoms with Gasteiger partial charge in [0.2, 0.25) is 0 Å². The Hall–Kier alpha value is -0.760. The molecule has 4 aliphatic carbocycles. The summed E-state index contributed by atoms with van der Waals surface area (Å²) >= 11 is 5.26. The lowest BCUT2D eigenvalue weighted by Gasteiger charge is -2.54. The zero-order chi connectivity index (χ0) is 20.1. The predicted molar refractivity (Wildman–Crippen MR) is 122 cm³/mol. The van der Waals surface area contributed by atoms with Gasteiger partial charge in [0.05, 0.1) is 0 Å². The highest BCUT2D eigenvalue weighted by Crippen LogP contribution is 2.65. The second kappa shape index (κ2) is 7.49. The van der Waals surface area contributed by atoms with Crippen LogP contribution in [0.25, 0.3) is 0 Å².